The van der Waals surface area contributed by atoms with Crippen LogP contribution >= 0.6 is 0 Å². The van der Waals surface area contributed by atoms with Gasteiger partial charge in [0.2, 0.25) is 0 Å². The molecule has 5 heteroatoms. The second-order valence-corrected chi connectivity index (χ2v) is 7.23. The summed E-state index contributed by atoms with van der Waals surface area (Å²) >= 11 is 0. The molecule has 4 atom stereocenters. The molecule has 0 aromatic heterocycles. The number of halogens is 1. The molecule has 0 heterocycles. The topological polar surface area (TPSA) is 43.4 Å². The lowest BCUT2D eigenvalue weighted by atomic mass is 9.96. The van der Waals surface area contributed by atoms with E-state index < -0.39 is 22.4 Å². The van der Waals surface area contributed by atoms with Gasteiger partial charge in [0.05, 0.1) is 11.0 Å². The van der Waals surface area contributed by atoms with Crippen molar-refractivity contribution in [3.8, 4) is 0 Å². The van der Waals surface area contributed by atoms with Crippen LogP contribution in [0.2, 0.25) is 0 Å². The number of hydrogen-bond acceptors (Lipinski definition) is 3. The van der Waals surface area contributed by atoms with Crippen molar-refractivity contribution in [1.82, 2.24) is 0 Å². The van der Waals surface area contributed by atoms with Crippen molar-refractivity contribution in [2.75, 3.05) is 0 Å². The van der Waals surface area contributed by atoms with E-state index in [0.29, 0.717) is 18.8 Å². The Kier molecular flexibility index (Phi) is 3.14. The second-order valence-electron chi connectivity index (χ2n) is 5.65. The van der Waals surface area contributed by atoms with Crippen LogP contribution in [0.25, 0.3) is 0 Å². The van der Waals surface area contributed by atoms with Gasteiger partial charge >= 0.3 is 0 Å². The van der Waals surface area contributed by atoms with Crippen LogP contribution in [0.15, 0.2) is 29.2 Å². The summed E-state index contributed by atoms with van der Waals surface area (Å²) < 4.78 is 43.2. The van der Waals surface area contributed by atoms with E-state index in [1.807, 2.05) is 6.92 Å². The van der Waals surface area contributed by atoms with E-state index >= 15 is 0 Å². The molecule has 0 N–H and O–H groups in total. The summed E-state index contributed by atoms with van der Waals surface area (Å²) in [7, 11) is -3.77. The first kappa shape index (κ1) is 13.1. The quantitative estimate of drug-likeness (QED) is 0.802. The third-order valence-electron chi connectivity index (χ3n) is 4.23. The molecule has 2 aliphatic carbocycles. The highest BCUT2D eigenvalue weighted by atomic mass is 32.2. The predicted molar refractivity (Wildman–Crippen MR) is 69.0 cm³/mol. The Labute approximate surface area is 112 Å². The summed E-state index contributed by atoms with van der Waals surface area (Å²) in [5, 5.41) is 0. The van der Waals surface area contributed by atoms with Crippen molar-refractivity contribution in [3.63, 3.8) is 0 Å². The Morgan fingerprint density at radius 2 is 1.84 bits per heavy atom. The van der Waals surface area contributed by atoms with E-state index in [2.05, 4.69) is 0 Å². The van der Waals surface area contributed by atoms with Crippen LogP contribution in [0.1, 0.15) is 24.8 Å². The molecule has 2 saturated carbocycles. The van der Waals surface area contributed by atoms with Gasteiger partial charge in [-0.1, -0.05) is 17.7 Å². The van der Waals surface area contributed by atoms with Gasteiger partial charge in [-0.25, -0.2) is 4.39 Å². The Morgan fingerprint density at radius 3 is 2.42 bits per heavy atom. The van der Waals surface area contributed by atoms with Crippen LogP contribution in [0.5, 0.6) is 0 Å². The summed E-state index contributed by atoms with van der Waals surface area (Å²) in [5.41, 5.74) is 0.989. The Morgan fingerprint density at radius 1 is 1.16 bits per heavy atom. The average Bonchev–Trinajstić information content (AvgIpc) is 2.87. The van der Waals surface area contributed by atoms with E-state index in [4.69, 9.17) is 4.18 Å². The fourth-order valence-electron chi connectivity index (χ4n) is 3.24. The standard InChI is InChI=1S/C14H17FO3S/c1-9-2-4-11(5-3-9)19(16,17)18-14-8-10-6-12(14)13(15)7-10/h2-5,10,12-14H,6-8H2,1H3/t10-,12-,13+,14-/m1/s1. The molecule has 3 rings (SSSR count). The summed E-state index contributed by atoms with van der Waals surface area (Å²) in [6, 6.07) is 6.53. The van der Waals surface area contributed by atoms with Gasteiger partial charge in [-0.05, 0) is 44.2 Å². The van der Waals surface area contributed by atoms with Crippen LogP contribution in [0.4, 0.5) is 4.39 Å². The van der Waals surface area contributed by atoms with Crippen molar-refractivity contribution >= 4 is 10.1 Å². The molecule has 3 nitrogen and oxygen atoms in total. The minimum absolute atomic E-state index is 0.149. The number of hydrogen-bond donors (Lipinski definition) is 0. The third-order valence-corrected chi connectivity index (χ3v) is 5.58. The molecule has 1 aromatic rings. The molecule has 0 spiro atoms. The fraction of sp³-hybridized carbons (Fsp3) is 0.571. The minimum atomic E-state index is -3.77. The Balaban J connectivity index is 1.77. The van der Waals surface area contributed by atoms with E-state index in [0.717, 1.165) is 12.0 Å². The monoisotopic (exact) mass is 284 g/mol. The van der Waals surface area contributed by atoms with E-state index in [1.165, 1.54) is 12.1 Å². The van der Waals surface area contributed by atoms with E-state index in [9.17, 15) is 12.8 Å². The first-order valence-corrected chi connectivity index (χ1v) is 8.00. The van der Waals surface area contributed by atoms with Crippen molar-refractivity contribution in [1.29, 1.82) is 0 Å². The van der Waals surface area contributed by atoms with Gasteiger partial charge < -0.3 is 0 Å². The maximum atomic E-state index is 13.6. The molecular weight excluding hydrogens is 267 g/mol. The lowest BCUT2D eigenvalue weighted by Crippen LogP contribution is -2.30. The number of fused-ring (bicyclic) bond motifs is 2. The van der Waals surface area contributed by atoms with E-state index in [-0.39, 0.29) is 10.8 Å². The first-order chi connectivity index (χ1) is 8.95. The lowest BCUT2D eigenvalue weighted by molar-refractivity contribution is 0.0875. The normalized spacial score (nSPS) is 33.8. The zero-order chi connectivity index (χ0) is 13.6. The van der Waals surface area contributed by atoms with Crippen LogP contribution in [-0.4, -0.2) is 20.7 Å². The molecule has 2 bridgehead atoms. The number of rotatable bonds is 3. The Bertz CT molecular complexity index is 567. The largest absolute Gasteiger partial charge is 0.297 e. The molecule has 104 valence electrons. The minimum Gasteiger partial charge on any atom is -0.263 e. The third kappa shape index (κ3) is 2.41. The Hall–Kier alpha value is -0.940. The highest BCUT2D eigenvalue weighted by molar-refractivity contribution is 7.86. The number of aryl methyl sites for hydroxylation is 1. The SMILES string of the molecule is Cc1ccc(S(=O)(=O)O[C@@H]2C[C@@H]3C[C@@H]2[C@@H](F)C3)cc1. The van der Waals surface area contributed by atoms with Crippen LogP contribution in [-0.2, 0) is 14.3 Å². The van der Waals surface area contributed by atoms with Crippen molar-refractivity contribution in [2.45, 2.75) is 43.4 Å². The van der Waals surface area contributed by atoms with E-state index in [1.54, 1.807) is 12.1 Å². The molecule has 0 radical (unpaired) electrons. The summed E-state index contributed by atoms with van der Waals surface area (Å²) in [6.07, 6.45) is 0.595. The molecule has 2 fully saturated rings. The predicted octanol–water partition coefficient (Wildman–Crippen LogP) is 2.84. The van der Waals surface area contributed by atoms with Crippen LogP contribution in [0.3, 0.4) is 0 Å². The van der Waals surface area contributed by atoms with Gasteiger partial charge in [0.25, 0.3) is 10.1 Å². The molecule has 0 unspecified atom stereocenters. The number of benzene rings is 1. The molecule has 0 saturated heterocycles. The second kappa shape index (κ2) is 4.56. The van der Waals surface area contributed by atoms with Gasteiger partial charge in [-0.2, -0.15) is 8.42 Å². The van der Waals surface area contributed by atoms with Gasteiger partial charge in [0.1, 0.15) is 6.17 Å². The van der Waals surface area contributed by atoms with Gasteiger partial charge in [0, 0.05) is 5.92 Å². The molecule has 0 amide bonds. The van der Waals surface area contributed by atoms with Crippen molar-refractivity contribution < 1.29 is 17.0 Å². The zero-order valence-corrected chi connectivity index (χ0v) is 11.6. The highest BCUT2D eigenvalue weighted by Crippen LogP contribution is 2.48. The highest BCUT2D eigenvalue weighted by Gasteiger charge is 2.48. The summed E-state index contributed by atoms with van der Waals surface area (Å²) in [5.74, 6) is 0.0449. The van der Waals surface area contributed by atoms with Crippen LogP contribution < -0.4 is 0 Å². The molecule has 1 aromatic carbocycles. The maximum Gasteiger partial charge on any atom is 0.297 e. The average molecular weight is 284 g/mol. The van der Waals surface area contributed by atoms with Crippen molar-refractivity contribution in [3.05, 3.63) is 29.8 Å². The zero-order valence-electron chi connectivity index (χ0n) is 10.8. The molecular formula is C14H17FO3S. The molecule has 0 aliphatic heterocycles. The fourth-order valence-corrected chi connectivity index (χ4v) is 4.36. The molecule has 2 aliphatic rings. The van der Waals surface area contributed by atoms with Gasteiger partial charge in [-0.15, -0.1) is 0 Å². The first-order valence-electron chi connectivity index (χ1n) is 6.60. The van der Waals surface area contributed by atoms with Gasteiger partial charge in [0.15, 0.2) is 0 Å². The lowest BCUT2D eigenvalue weighted by Gasteiger charge is -2.24. The summed E-state index contributed by atoms with van der Waals surface area (Å²) in [4.78, 5) is 0.149. The van der Waals surface area contributed by atoms with Crippen molar-refractivity contribution in [2.24, 2.45) is 11.8 Å². The number of alkyl halides is 1. The van der Waals surface area contributed by atoms with Crippen LogP contribution in [0, 0.1) is 18.8 Å². The summed E-state index contributed by atoms with van der Waals surface area (Å²) in [6.45, 7) is 1.89. The molecule has 19 heavy (non-hydrogen) atoms. The maximum absolute atomic E-state index is 13.6. The van der Waals surface area contributed by atoms with Gasteiger partial charge in [-0.3, -0.25) is 4.18 Å². The smallest absolute Gasteiger partial charge is 0.263 e.